The van der Waals surface area contributed by atoms with E-state index in [1.165, 1.54) is 0 Å². The van der Waals surface area contributed by atoms with Crippen LogP contribution in [0.5, 0.6) is 0 Å². The molecule has 0 radical (unpaired) electrons. The van der Waals surface area contributed by atoms with Crippen LogP contribution >= 0.6 is 0 Å². The van der Waals surface area contributed by atoms with Gasteiger partial charge in [0.25, 0.3) is 0 Å². The molecule has 0 fully saturated rings. The van der Waals surface area contributed by atoms with Crippen molar-refractivity contribution in [2.24, 2.45) is 0 Å². The van der Waals surface area contributed by atoms with Crippen LogP contribution in [0.15, 0.2) is 0 Å². The third-order valence-corrected chi connectivity index (χ3v) is 1.68. The first-order valence-corrected chi connectivity index (χ1v) is 5.40. The zero-order valence-corrected chi connectivity index (χ0v) is 11.0. The average Bonchev–Trinajstić information content (AvgIpc) is 2.25. The van der Waals surface area contributed by atoms with Crippen LogP contribution in [0.2, 0.25) is 0 Å². The molecule has 0 saturated carbocycles. The Bertz CT molecular complexity index is 120. The molecule has 3 unspecified atom stereocenters. The van der Waals surface area contributed by atoms with E-state index in [2.05, 4.69) is 4.74 Å². The largest absolute Gasteiger partial charge is 0.394 e. The molecule has 0 spiro atoms. The Balaban J connectivity index is 0. The van der Waals surface area contributed by atoms with Gasteiger partial charge in [-0.15, -0.1) is 0 Å². The van der Waals surface area contributed by atoms with Crippen LogP contribution in [0.3, 0.4) is 0 Å². The van der Waals surface area contributed by atoms with E-state index in [4.69, 9.17) is 19.7 Å². The summed E-state index contributed by atoms with van der Waals surface area (Å²) in [5.41, 5.74) is 0. The van der Waals surface area contributed by atoms with Gasteiger partial charge in [-0.05, 0) is 20.8 Å². The second-order valence-electron chi connectivity index (χ2n) is 3.68. The SMILES string of the molecule is COC(C)COC(C)CO.COCC(C)O. The minimum absolute atomic E-state index is 0.0659. The molecule has 0 aliphatic carbocycles. The van der Waals surface area contributed by atoms with Gasteiger partial charge in [-0.3, -0.25) is 0 Å². The van der Waals surface area contributed by atoms with Crippen molar-refractivity contribution in [1.29, 1.82) is 0 Å². The van der Waals surface area contributed by atoms with Gasteiger partial charge in [0, 0.05) is 14.2 Å². The first kappa shape index (κ1) is 18.2. The minimum Gasteiger partial charge on any atom is -0.394 e. The molecule has 0 aliphatic heterocycles. The first-order chi connectivity index (χ1) is 7.47. The van der Waals surface area contributed by atoms with E-state index < -0.39 is 0 Å². The zero-order valence-electron chi connectivity index (χ0n) is 11.0. The maximum absolute atomic E-state index is 8.55. The number of hydrogen-bond donors (Lipinski definition) is 2. The highest BCUT2D eigenvalue weighted by atomic mass is 16.5. The average molecular weight is 238 g/mol. The molecule has 0 aromatic rings. The molecule has 5 nitrogen and oxygen atoms in total. The Labute approximate surface area is 98.3 Å². The fourth-order valence-electron chi connectivity index (χ4n) is 0.662. The summed E-state index contributed by atoms with van der Waals surface area (Å²) in [6.45, 7) is 6.46. The highest BCUT2D eigenvalue weighted by molar-refractivity contribution is 4.49. The fourth-order valence-corrected chi connectivity index (χ4v) is 0.662. The molecule has 3 atom stereocenters. The van der Waals surface area contributed by atoms with Gasteiger partial charge in [0.15, 0.2) is 0 Å². The van der Waals surface area contributed by atoms with Crippen molar-refractivity contribution in [1.82, 2.24) is 0 Å². The number of methoxy groups -OCH3 is 2. The van der Waals surface area contributed by atoms with E-state index in [0.717, 1.165) is 0 Å². The Morgan fingerprint density at radius 2 is 1.56 bits per heavy atom. The summed E-state index contributed by atoms with van der Waals surface area (Å²) in [6, 6.07) is 0. The van der Waals surface area contributed by atoms with Crippen LogP contribution in [0.25, 0.3) is 0 Å². The summed E-state index contributed by atoms with van der Waals surface area (Å²) in [5, 5.41) is 17.0. The molecule has 0 rings (SSSR count). The molecular formula is C11H26O5. The lowest BCUT2D eigenvalue weighted by molar-refractivity contribution is -0.0313. The molecule has 2 N–H and O–H groups in total. The summed E-state index contributed by atoms with van der Waals surface area (Å²) < 4.78 is 14.7. The number of hydrogen-bond acceptors (Lipinski definition) is 5. The van der Waals surface area contributed by atoms with Gasteiger partial charge in [0.05, 0.1) is 38.1 Å². The summed E-state index contributed by atoms with van der Waals surface area (Å²) >= 11 is 0. The lowest BCUT2D eigenvalue weighted by Crippen LogP contribution is -2.21. The monoisotopic (exact) mass is 238 g/mol. The van der Waals surface area contributed by atoms with Crippen LogP contribution in [0.1, 0.15) is 20.8 Å². The van der Waals surface area contributed by atoms with Crippen molar-refractivity contribution in [2.75, 3.05) is 34.0 Å². The number of ether oxygens (including phenoxy) is 3. The molecular weight excluding hydrogens is 212 g/mol. The molecule has 0 aromatic carbocycles. The van der Waals surface area contributed by atoms with Crippen LogP contribution in [-0.4, -0.2) is 62.6 Å². The van der Waals surface area contributed by atoms with E-state index in [9.17, 15) is 0 Å². The third-order valence-electron chi connectivity index (χ3n) is 1.68. The second kappa shape index (κ2) is 12.9. The summed E-state index contributed by atoms with van der Waals surface area (Å²) in [4.78, 5) is 0. The van der Waals surface area contributed by atoms with Gasteiger partial charge in [0.1, 0.15) is 0 Å². The van der Waals surface area contributed by atoms with Gasteiger partial charge < -0.3 is 24.4 Å². The number of aliphatic hydroxyl groups excluding tert-OH is 2. The third kappa shape index (κ3) is 16.2. The molecule has 100 valence electrons. The van der Waals surface area contributed by atoms with Gasteiger partial charge in [-0.25, -0.2) is 0 Å². The van der Waals surface area contributed by atoms with Crippen molar-refractivity contribution in [2.45, 2.75) is 39.1 Å². The summed E-state index contributed by atoms with van der Waals surface area (Å²) in [6.07, 6.45) is -0.304. The maximum atomic E-state index is 8.55. The standard InChI is InChI=1S/C7H16O3.C4H10O2/c1-6(4-8)10-5-7(2)9-3;1-4(5)3-6-2/h6-8H,4-5H2,1-3H3;4-5H,3H2,1-2H3. The fraction of sp³-hybridized carbons (Fsp3) is 1.00. The van der Waals surface area contributed by atoms with Crippen molar-refractivity contribution in [3.63, 3.8) is 0 Å². The van der Waals surface area contributed by atoms with Gasteiger partial charge in [-0.1, -0.05) is 0 Å². The highest BCUT2D eigenvalue weighted by Gasteiger charge is 2.03. The Kier molecular flexibility index (Phi) is 14.6. The second-order valence-corrected chi connectivity index (χ2v) is 3.68. The Hall–Kier alpha value is -0.200. The molecule has 0 aliphatic rings. The molecule has 0 aromatic heterocycles. The van der Waals surface area contributed by atoms with Crippen LogP contribution in [0.4, 0.5) is 0 Å². The van der Waals surface area contributed by atoms with Gasteiger partial charge >= 0.3 is 0 Å². The maximum Gasteiger partial charge on any atom is 0.0779 e. The van der Waals surface area contributed by atoms with E-state index in [-0.39, 0.29) is 24.9 Å². The zero-order chi connectivity index (χ0) is 13.0. The predicted octanol–water partition coefficient (Wildman–Crippen LogP) is 0.432. The van der Waals surface area contributed by atoms with Crippen LogP contribution in [-0.2, 0) is 14.2 Å². The topological polar surface area (TPSA) is 68.2 Å². The normalized spacial score (nSPS) is 15.9. The molecule has 5 heteroatoms. The lowest BCUT2D eigenvalue weighted by Gasteiger charge is -2.13. The van der Waals surface area contributed by atoms with Crippen LogP contribution in [0, 0.1) is 0 Å². The van der Waals surface area contributed by atoms with Crippen molar-refractivity contribution >= 4 is 0 Å². The molecule has 0 saturated heterocycles. The molecule has 16 heavy (non-hydrogen) atoms. The first-order valence-electron chi connectivity index (χ1n) is 5.40. The molecule has 0 heterocycles. The molecule has 0 bridgehead atoms. The van der Waals surface area contributed by atoms with E-state index in [1.54, 1.807) is 21.1 Å². The highest BCUT2D eigenvalue weighted by Crippen LogP contribution is 1.93. The summed E-state index contributed by atoms with van der Waals surface area (Å²) in [5.74, 6) is 0. The van der Waals surface area contributed by atoms with Crippen molar-refractivity contribution in [3.05, 3.63) is 0 Å². The van der Waals surface area contributed by atoms with Gasteiger partial charge in [0.2, 0.25) is 0 Å². The summed E-state index contributed by atoms with van der Waals surface area (Å²) in [7, 11) is 3.20. The minimum atomic E-state index is -0.324. The quantitative estimate of drug-likeness (QED) is 0.673. The number of rotatable bonds is 7. The Morgan fingerprint density at radius 1 is 1.00 bits per heavy atom. The van der Waals surface area contributed by atoms with Crippen molar-refractivity contribution < 1.29 is 24.4 Å². The van der Waals surface area contributed by atoms with E-state index in [1.807, 2.05) is 13.8 Å². The van der Waals surface area contributed by atoms with Gasteiger partial charge in [-0.2, -0.15) is 0 Å². The van der Waals surface area contributed by atoms with Crippen molar-refractivity contribution in [3.8, 4) is 0 Å². The predicted molar refractivity (Wildman–Crippen MR) is 62.5 cm³/mol. The van der Waals surface area contributed by atoms with Crippen LogP contribution < -0.4 is 0 Å². The van der Waals surface area contributed by atoms with E-state index in [0.29, 0.717) is 13.2 Å². The number of aliphatic hydroxyl groups is 2. The Morgan fingerprint density at radius 3 is 1.81 bits per heavy atom. The molecule has 0 amide bonds. The smallest absolute Gasteiger partial charge is 0.0779 e. The lowest BCUT2D eigenvalue weighted by atomic mass is 10.4. The van der Waals surface area contributed by atoms with E-state index >= 15 is 0 Å².